The predicted octanol–water partition coefficient (Wildman–Crippen LogP) is 1.91. The van der Waals surface area contributed by atoms with Crippen LogP contribution in [0.2, 0.25) is 0 Å². The minimum atomic E-state index is -3.30. The highest BCUT2D eigenvalue weighted by atomic mass is 32.2. The molecule has 0 amide bonds. The first-order chi connectivity index (χ1) is 7.38. The number of hydrogen-bond donors (Lipinski definition) is 1. The molecule has 0 saturated carbocycles. The Morgan fingerprint density at radius 3 is 2.50 bits per heavy atom. The Morgan fingerprint density at radius 2 is 1.88 bits per heavy atom. The van der Waals surface area contributed by atoms with Crippen molar-refractivity contribution in [3.8, 4) is 0 Å². The van der Waals surface area contributed by atoms with Crippen molar-refractivity contribution in [1.82, 2.24) is 0 Å². The van der Waals surface area contributed by atoms with Crippen LogP contribution in [0, 0.1) is 13.8 Å². The van der Waals surface area contributed by atoms with E-state index in [0.717, 1.165) is 12.8 Å². The molecule has 0 aromatic heterocycles. The maximum atomic E-state index is 10.7. The van der Waals surface area contributed by atoms with Crippen molar-refractivity contribution in [2.45, 2.75) is 33.1 Å². The summed E-state index contributed by atoms with van der Waals surface area (Å²) in [5.41, 5.74) is 3.81. The number of rotatable bonds is 5. The van der Waals surface area contributed by atoms with E-state index in [1.807, 2.05) is 0 Å². The molecule has 1 aromatic carbocycles. The van der Waals surface area contributed by atoms with Crippen LogP contribution >= 0.6 is 0 Å². The van der Waals surface area contributed by atoms with Gasteiger partial charge in [0.25, 0.3) is 0 Å². The molecule has 0 aliphatic heterocycles. The molecule has 16 heavy (non-hydrogen) atoms. The van der Waals surface area contributed by atoms with Gasteiger partial charge in [-0.25, -0.2) is 13.6 Å². The molecule has 0 spiro atoms. The Bertz CT molecular complexity index is 452. The summed E-state index contributed by atoms with van der Waals surface area (Å²) >= 11 is 0. The maximum absolute atomic E-state index is 10.7. The van der Waals surface area contributed by atoms with Gasteiger partial charge in [0.05, 0.1) is 5.75 Å². The summed E-state index contributed by atoms with van der Waals surface area (Å²) in [6.45, 7) is 4.14. The van der Waals surface area contributed by atoms with Crippen LogP contribution in [0.3, 0.4) is 0 Å². The number of sulfonamides is 1. The van der Waals surface area contributed by atoms with Gasteiger partial charge in [0.15, 0.2) is 0 Å². The molecule has 90 valence electrons. The summed E-state index contributed by atoms with van der Waals surface area (Å²) in [4.78, 5) is 0. The number of nitrogens with two attached hydrogens (primary N) is 1. The zero-order valence-electron chi connectivity index (χ0n) is 9.86. The van der Waals surface area contributed by atoms with Gasteiger partial charge in [0.2, 0.25) is 10.0 Å². The summed E-state index contributed by atoms with van der Waals surface area (Å²) < 4.78 is 21.5. The summed E-state index contributed by atoms with van der Waals surface area (Å²) in [5.74, 6) is 0.0812. The molecule has 0 aliphatic carbocycles. The lowest BCUT2D eigenvalue weighted by molar-refractivity contribution is 0.593. The minimum Gasteiger partial charge on any atom is -0.229 e. The molecule has 4 heteroatoms. The number of hydrogen-bond acceptors (Lipinski definition) is 2. The number of aryl methyl sites for hydroxylation is 3. The smallest absolute Gasteiger partial charge is 0.209 e. The van der Waals surface area contributed by atoms with Crippen molar-refractivity contribution in [3.63, 3.8) is 0 Å². The number of benzene rings is 1. The third kappa shape index (κ3) is 4.77. The van der Waals surface area contributed by atoms with Crippen LogP contribution in [0.25, 0.3) is 0 Å². The van der Waals surface area contributed by atoms with Gasteiger partial charge in [-0.05, 0) is 44.2 Å². The van der Waals surface area contributed by atoms with Crippen LogP contribution in [0.5, 0.6) is 0 Å². The average molecular weight is 241 g/mol. The molecule has 0 bridgehead atoms. The molecule has 2 N–H and O–H groups in total. The molecule has 0 fully saturated rings. The van der Waals surface area contributed by atoms with Crippen molar-refractivity contribution >= 4 is 10.0 Å². The molecule has 1 aromatic rings. The molecule has 0 heterocycles. The van der Waals surface area contributed by atoms with E-state index in [4.69, 9.17) is 5.14 Å². The quantitative estimate of drug-likeness (QED) is 0.801. The van der Waals surface area contributed by atoms with Gasteiger partial charge < -0.3 is 0 Å². The van der Waals surface area contributed by atoms with Crippen LogP contribution in [-0.4, -0.2) is 14.2 Å². The van der Waals surface area contributed by atoms with Crippen molar-refractivity contribution in [1.29, 1.82) is 0 Å². The topological polar surface area (TPSA) is 60.2 Å². The Hall–Kier alpha value is -0.870. The maximum Gasteiger partial charge on any atom is 0.209 e. The van der Waals surface area contributed by atoms with E-state index in [-0.39, 0.29) is 5.75 Å². The second kappa shape index (κ2) is 5.46. The van der Waals surface area contributed by atoms with Crippen molar-refractivity contribution in [3.05, 3.63) is 34.9 Å². The van der Waals surface area contributed by atoms with Gasteiger partial charge in [0, 0.05) is 0 Å². The van der Waals surface area contributed by atoms with Gasteiger partial charge in [0.1, 0.15) is 0 Å². The monoisotopic (exact) mass is 241 g/mol. The van der Waals surface area contributed by atoms with E-state index >= 15 is 0 Å². The van der Waals surface area contributed by atoms with E-state index in [0.29, 0.717) is 6.42 Å². The Balaban J connectivity index is 2.46. The van der Waals surface area contributed by atoms with Gasteiger partial charge in [-0.1, -0.05) is 23.8 Å². The lowest BCUT2D eigenvalue weighted by atomic mass is 10.0. The van der Waals surface area contributed by atoms with Crippen LogP contribution in [0.1, 0.15) is 29.5 Å². The molecule has 3 nitrogen and oxygen atoms in total. The van der Waals surface area contributed by atoms with Gasteiger partial charge in [-0.2, -0.15) is 0 Å². The van der Waals surface area contributed by atoms with Crippen molar-refractivity contribution in [2.75, 3.05) is 5.75 Å². The molecular formula is C12H19NO2S. The number of unbranched alkanes of at least 4 members (excludes halogenated alkanes) is 1. The summed E-state index contributed by atoms with van der Waals surface area (Å²) in [6, 6.07) is 6.35. The van der Waals surface area contributed by atoms with Crippen LogP contribution in [0.15, 0.2) is 18.2 Å². The fraction of sp³-hybridized carbons (Fsp3) is 0.500. The minimum absolute atomic E-state index is 0.0812. The van der Waals surface area contributed by atoms with E-state index in [1.54, 1.807) is 0 Å². The second-order valence-electron chi connectivity index (χ2n) is 4.25. The molecule has 1 rings (SSSR count). The van der Waals surface area contributed by atoms with Crippen LogP contribution in [-0.2, 0) is 16.4 Å². The Labute approximate surface area is 97.7 Å². The molecule has 0 radical (unpaired) electrons. The van der Waals surface area contributed by atoms with E-state index < -0.39 is 10.0 Å². The zero-order chi connectivity index (χ0) is 12.2. The lowest BCUT2D eigenvalue weighted by Gasteiger charge is -2.06. The molecule has 0 aliphatic rings. The third-order valence-electron chi connectivity index (χ3n) is 2.63. The summed E-state index contributed by atoms with van der Waals surface area (Å²) in [6.07, 6.45) is 2.41. The standard InChI is InChI=1S/C12H19NO2S/c1-10-6-7-11(2)12(9-10)5-3-4-8-16(13,14)15/h6-7,9H,3-5,8H2,1-2H3,(H2,13,14,15). The molecular weight excluding hydrogens is 222 g/mol. The molecule has 0 atom stereocenters. The normalized spacial score (nSPS) is 11.7. The van der Waals surface area contributed by atoms with Gasteiger partial charge in [-0.15, -0.1) is 0 Å². The fourth-order valence-electron chi connectivity index (χ4n) is 1.69. The van der Waals surface area contributed by atoms with E-state index in [9.17, 15) is 8.42 Å². The van der Waals surface area contributed by atoms with E-state index in [2.05, 4.69) is 32.0 Å². The fourth-order valence-corrected chi connectivity index (χ4v) is 2.29. The highest BCUT2D eigenvalue weighted by Gasteiger charge is 2.03. The molecule has 0 saturated heterocycles. The third-order valence-corrected chi connectivity index (χ3v) is 3.49. The molecule has 0 unspecified atom stereocenters. The Morgan fingerprint density at radius 1 is 1.19 bits per heavy atom. The highest BCUT2D eigenvalue weighted by molar-refractivity contribution is 7.89. The van der Waals surface area contributed by atoms with Gasteiger partial charge >= 0.3 is 0 Å². The van der Waals surface area contributed by atoms with Gasteiger partial charge in [-0.3, -0.25) is 0 Å². The first kappa shape index (κ1) is 13.2. The second-order valence-corrected chi connectivity index (χ2v) is 5.99. The zero-order valence-corrected chi connectivity index (χ0v) is 10.7. The predicted molar refractivity (Wildman–Crippen MR) is 66.8 cm³/mol. The average Bonchev–Trinajstić information content (AvgIpc) is 2.16. The lowest BCUT2D eigenvalue weighted by Crippen LogP contribution is -2.16. The first-order valence-electron chi connectivity index (χ1n) is 5.45. The van der Waals surface area contributed by atoms with Crippen LogP contribution < -0.4 is 5.14 Å². The van der Waals surface area contributed by atoms with Crippen LogP contribution in [0.4, 0.5) is 0 Å². The summed E-state index contributed by atoms with van der Waals surface area (Å²) in [7, 11) is -3.30. The largest absolute Gasteiger partial charge is 0.229 e. The van der Waals surface area contributed by atoms with Crippen molar-refractivity contribution < 1.29 is 8.42 Å². The summed E-state index contributed by atoms with van der Waals surface area (Å²) in [5, 5.41) is 4.94. The van der Waals surface area contributed by atoms with Crippen molar-refractivity contribution in [2.24, 2.45) is 5.14 Å². The Kier molecular flexibility index (Phi) is 4.50. The number of primary sulfonamides is 1. The first-order valence-corrected chi connectivity index (χ1v) is 7.16. The highest BCUT2D eigenvalue weighted by Crippen LogP contribution is 2.13. The SMILES string of the molecule is Cc1ccc(C)c(CCCCS(N)(=O)=O)c1. The van der Waals surface area contributed by atoms with E-state index in [1.165, 1.54) is 16.7 Å².